The van der Waals surface area contributed by atoms with Crippen LogP contribution in [-0.4, -0.2) is 41.4 Å². The first-order valence-corrected chi connectivity index (χ1v) is 7.83. The van der Waals surface area contributed by atoms with Gasteiger partial charge >= 0.3 is 0 Å². The maximum atomic E-state index is 14.3. The molecule has 0 fully saturated rings. The fourth-order valence-corrected chi connectivity index (χ4v) is 2.95. The van der Waals surface area contributed by atoms with Gasteiger partial charge in [0.05, 0.1) is 17.6 Å². The Kier molecular flexibility index (Phi) is 4.33. The lowest BCUT2D eigenvalue weighted by Crippen LogP contribution is -2.36. The summed E-state index contributed by atoms with van der Waals surface area (Å²) in [7, 11) is 0. The van der Waals surface area contributed by atoms with Crippen LogP contribution in [0.25, 0.3) is 0 Å². The molecule has 0 amide bonds. The number of fused-ring (bicyclic) bond motifs is 1. The second-order valence-corrected chi connectivity index (χ2v) is 5.81. The van der Waals surface area contributed by atoms with Gasteiger partial charge in [-0.1, -0.05) is 30.3 Å². The molecule has 0 aromatic heterocycles. The molecule has 0 radical (unpaired) electrons. The summed E-state index contributed by atoms with van der Waals surface area (Å²) < 4.78 is 14.3. The minimum atomic E-state index is -1.50. The molecule has 6 heteroatoms. The molecule has 1 aromatic rings. The fraction of sp³-hybridized carbons (Fsp3) is 0.294. The van der Waals surface area contributed by atoms with E-state index in [1.165, 1.54) is 6.07 Å². The van der Waals surface area contributed by atoms with Gasteiger partial charge in [-0.25, -0.2) is 4.39 Å². The Labute approximate surface area is 137 Å². The van der Waals surface area contributed by atoms with Crippen molar-refractivity contribution in [3.05, 3.63) is 58.3 Å². The monoisotopic (exact) mass is 335 g/mol. The molecule has 0 saturated carbocycles. The van der Waals surface area contributed by atoms with Crippen LogP contribution in [0.4, 0.5) is 4.39 Å². The van der Waals surface area contributed by atoms with Crippen molar-refractivity contribution < 1.29 is 19.1 Å². The van der Waals surface area contributed by atoms with Crippen molar-refractivity contribution in [2.45, 2.75) is 18.7 Å². The highest BCUT2D eigenvalue weighted by Gasteiger charge is 2.39. The molecule has 2 N–H and O–H groups in total. The number of nitrogens with one attached hydrogen (secondary N) is 1. The zero-order chi connectivity index (χ0) is 16.6. The van der Waals surface area contributed by atoms with Crippen molar-refractivity contribution in [1.82, 2.24) is 5.32 Å². The fourth-order valence-electron chi connectivity index (χ4n) is 2.85. The molecular formula is C17H15ClFNO3. The molecule has 0 heterocycles. The number of carbonyl (C=O) groups is 2. The quantitative estimate of drug-likeness (QED) is 0.828. The third-order valence-electron chi connectivity index (χ3n) is 3.98. The first-order valence-electron chi connectivity index (χ1n) is 7.29. The molecule has 23 heavy (non-hydrogen) atoms. The minimum Gasteiger partial charge on any atom is -0.390 e. The maximum Gasteiger partial charge on any atom is 0.196 e. The van der Waals surface area contributed by atoms with Gasteiger partial charge in [-0.3, -0.25) is 9.59 Å². The Morgan fingerprint density at radius 2 is 1.91 bits per heavy atom. The highest BCUT2D eigenvalue weighted by atomic mass is 35.5. The normalized spacial score (nSPS) is 21.5. The van der Waals surface area contributed by atoms with E-state index in [4.69, 9.17) is 11.6 Å². The van der Waals surface area contributed by atoms with Gasteiger partial charge < -0.3 is 10.4 Å². The second kappa shape index (κ2) is 6.26. The lowest BCUT2D eigenvalue weighted by molar-refractivity contribution is 0.0958. The number of alkyl halides is 2. The van der Waals surface area contributed by atoms with Crippen molar-refractivity contribution in [3.8, 4) is 0 Å². The lowest BCUT2D eigenvalue weighted by Gasteiger charge is -2.28. The van der Waals surface area contributed by atoms with Crippen molar-refractivity contribution >= 4 is 23.2 Å². The van der Waals surface area contributed by atoms with E-state index >= 15 is 0 Å². The molecule has 0 spiro atoms. The van der Waals surface area contributed by atoms with Gasteiger partial charge in [-0.15, -0.1) is 11.6 Å². The summed E-state index contributed by atoms with van der Waals surface area (Å²) in [6.07, 6.45) is -0.743. The maximum absolute atomic E-state index is 14.3. The summed E-state index contributed by atoms with van der Waals surface area (Å²) in [5, 5.41) is 12.5. The Hall–Kier alpha value is -1.98. The van der Waals surface area contributed by atoms with Crippen LogP contribution in [0.2, 0.25) is 0 Å². The molecule has 2 aliphatic carbocycles. The van der Waals surface area contributed by atoms with E-state index in [0.717, 1.165) is 0 Å². The van der Waals surface area contributed by atoms with E-state index < -0.39 is 18.1 Å². The molecule has 3 rings (SSSR count). The largest absolute Gasteiger partial charge is 0.390 e. The van der Waals surface area contributed by atoms with Gasteiger partial charge in [0.15, 0.2) is 11.6 Å². The number of rotatable bonds is 4. The molecule has 1 aromatic carbocycles. The predicted molar refractivity (Wildman–Crippen MR) is 84.5 cm³/mol. The molecule has 2 aliphatic rings. The van der Waals surface area contributed by atoms with Crippen LogP contribution in [0.1, 0.15) is 27.1 Å². The predicted octanol–water partition coefficient (Wildman–Crippen LogP) is 2.18. The van der Waals surface area contributed by atoms with Crippen LogP contribution in [-0.2, 0) is 0 Å². The van der Waals surface area contributed by atoms with E-state index in [9.17, 15) is 19.1 Å². The van der Waals surface area contributed by atoms with E-state index in [0.29, 0.717) is 5.70 Å². The number of ketones is 2. The van der Waals surface area contributed by atoms with E-state index in [1.54, 1.807) is 24.3 Å². The Morgan fingerprint density at radius 1 is 1.26 bits per heavy atom. The summed E-state index contributed by atoms with van der Waals surface area (Å²) >= 11 is 5.55. The zero-order valence-corrected chi connectivity index (χ0v) is 12.9. The molecular weight excluding hydrogens is 321 g/mol. The molecule has 0 bridgehead atoms. The summed E-state index contributed by atoms with van der Waals surface area (Å²) in [5.41, 5.74) is 0.857. The van der Waals surface area contributed by atoms with Gasteiger partial charge in [-0.05, 0) is 0 Å². The highest BCUT2D eigenvalue weighted by molar-refractivity contribution is 6.29. The first kappa shape index (κ1) is 15.9. The van der Waals surface area contributed by atoms with Gasteiger partial charge in [0.25, 0.3) is 0 Å². The minimum absolute atomic E-state index is 0.0132. The topological polar surface area (TPSA) is 66.4 Å². The number of carbonyl (C=O) groups excluding carboxylic acids is 2. The van der Waals surface area contributed by atoms with Gasteiger partial charge in [0.2, 0.25) is 0 Å². The highest BCUT2D eigenvalue weighted by Crippen LogP contribution is 2.36. The van der Waals surface area contributed by atoms with Gasteiger partial charge in [0, 0.05) is 35.4 Å². The molecule has 0 aliphatic heterocycles. The van der Waals surface area contributed by atoms with Crippen LogP contribution >= 0.6 is 11.6 Å². The Morgan fingerprint density at radius 3 is 2.57 bits per heavy atom. The summed E-state index contributed by atoms with van der Waals surface area (Å²) in [4.78, 5) is 25.3. The lowest BCUT2D eigenvalue weighted by atomic mass is 9.78. The summed E-state index contributed by atoms with van der Waals surface area (Å²) in [5.74, 6) is -0.794. The average molecular weight is 336 g/mol. The van der Waals surface area contributed by atoms with Crippen LogP contribution in [0.3, 0.4) is 0 Å². The van der Waals surface area contributed by atoms with Crippen molar-refractivity contribution in [2.24, 2.45) is 0 Å². The molecule has 4 nitrogen and oxygen atoms in total. The van der Waals surface area contributed by atoms with Crippen LogP contribution in [0.5, 0.6) is 0 Å². The summed E-state index contributed by atoms with van der Waals surface area (Å²) in [6, 6.07) is 6.41. The van der Waals surface area contributed by atoms with Crippen molar-refractivity contribution in [1.29, 1.82) is 0 Å². The number of aliphatic hydroxyl groups excluding tert-OH is 1. The standard InChI is InChI=1S/C17H15ClFNO3/c18-7-9(21)8-20-13-6-5-12(19)14-15(13)17(23)11-4-2-1-3-10(11)16(14)22/h1-4,6,9,12,20-21H,5,7-8H2/t9-,12?/m1/s1. The zero-order valence-electron chi connectivity index (χ0n) is 12.2. The van der Waals surface area contributed by atoms with Gasteiger partial charge in [-0.2, -0.15) is 0 Å². The molecule has 120 valence electrons. The Balaban J connectivity index is 2.02. The van der Waals surface area contributed by atoms with Crippen molar-refractivity contribution in [3.63, 3.8) is 0 Å². The third-order valence-corrected chi connectivity index (χ3v) is 4.33. The van der Waals surface area contributed by atoms with E-state index in [1.807, 2.05) is 0 Å². The third kappa shape index (κ3) is 2.71. The Bertz CT molecular complexity index is 741. The van der Waals surface area contributed by atoms with Crippen LogP contribution < -0.4 is 5.32 Å². The van der Waals surface area contributed by atoms with Crippen LogP contribution in [0, 0.1) is 0 Å². The number of Topliss-reactive ketones (excluding diaryl/α,β-unsaturated/α-hetero) is 2. The van der Waals surface area contributed by atoms with E-state index in [-0.39, 0.29) is 46.9 Å². The van der Waals surface area contributed by atoms with E-state index in [2.05, 4.69) is 5.32 Å². The molecule has 2 atom stereocenters. The van der Waals surface area contributed by atoms with Crippen LogP contribution in [0.15, 0.2) is 47.2 Å². The average Bonchev–Trinajstić information content (AvgIpc) is 2.58. The number of hydrogen-bond acceptors (Lipinski definition) is 4. The molecule has 1 unspecified atom stereocenters. The van der Waals surface area contributed by atoms with Crippen molar-refractivity contribution in [2.75, 3.05) is 12.4 Å². The molecule has 0 saturated heterocycles. The number of halogens is 2. The first-order chi connectivity index (χ1) is 11.0. The number of aliphatic hydroxyl groups is 1. The number of allylic oxidation sites excluding steroid dienone is 3. The van der Waals surface area contributed by atoms with Gasteiger partial charge in [0.1, 0.15) is 6.17 Å². The number of hydrogen-bond donors (Lipinski definition) is 2. The smallest absolute Gasteiger partial charge is 0.196 e. The summed E-state index contributed by atoms with van der Waals surface area (Å²) in [6.45, 7) is 0.117. The number of benzene rings is 1. The SMILES string of the molecule is O=C1C2=C(C(=O)c3ccccc31)C(F)CC=C2NC[C@H](O)CCl. The second-order valence-electron chi connectivity index (χ2n) is 5.50.